The van der Waals surface area contributed by atoms with Crippen molar-refractivity contribution in [3.8, 4) is 0 Å². The highest BCUT2D eigenvalue weighted by atomic mass is 16.3. The smallest absolute Gasteiger partial charge is 0.0615 e. The molecule has 1 aliphatic heterocycles. The molecule has 0 unspecified atom stereocenters. The van der Waals surface area contributed by atoms with E-state index in [1.165, 1.54) is 44.9 Å². The van der Waals surface area contributed by atoms with Gasteiger partial charge in [-0.2, -0.15) is 0 Å². The van der Waals surface area contributed by atoms with Crippen LogP contribution in [0.2, 0.25) is 0 Å². The van der Waals surface area contributed by atoms with Gasteiger partial charge in [-0.1, -0.05) is 19.8 Å². The summed E-state index contributed by atoms with van der Waals surface area (Å²) < 4.78 is 0. The largest absolute Gasteiger partial charge is 0.394 e. The van der Waals surface area contributed by atoms with Gasteiger partial charge >= 0.3 is 0 Å². The fourth-order valence-electron chi connectivity index (χ4n) is 3.81. The van der Waals surface area contributed by atoms with E-state index in [1.807, 2.05) is 0 Å². The Balaban J connectivity index is 1.94. The summed E-state index contributed by atoms with van der Waals surface area (Å²) >= 11 is 0. The maximum atomic E-state index is 9.94. The molecule has 0 aromatic carbocycles. The summed E-state index contributed by atoms with van der Waals surface area (Å²) in [4.78, 5) is 2.58. The first-order chi connectivity index (χ1) is 8.80. The van der Waals surface area contributed by atoms with Gasteiger partial charge in [-0.3, -0.25) is 4.90 Å². The van der Waals surface area contributed by atoms with Crippen LogP contribution in [0, 0.1) is 5.92 Å². The number of nitrogens with one attached hydrogen (secondary N) is 1. The number of aliphatic hydroxyl groups is 1. The fraction of sp³-hybridized carbons (Fsp3) is 1.00. The third-order valence-corrected chi connectivity index (χ3v) is 5.04. The molecule has 2 aliphatic rings. The first-order valence-electron chi connectivity index (χ1n) is 7.87. The van der Waals surface area contributed by atoms with Crippen molar-refractivity contribution in [3.63, 3.8) is 0 Å². The molecule has 0 spiro atoms. The van der Waals surface area contributed by atoms with E-state index in [9.17, 15) is 5.11 Å². The second-order valence-electron chi connectivity index (χ2n) is 6.21. The zero-order chi connectivity index (χ0) is 12.8. The predicted molar refractivity (Wildman–Crippen MR) is 75.7 cm³/mol. The molecule has 1 saturated heterocycles. The summed E-state index contributed by atoms with van der Waals surface area (Å²) in [7, 11) is 0. The van der Waals surface area contributed by atoms with Crippen molar-refractivity contribution in [1.82, 2.24) is 10.2 Å². The lowest BCUT2D eigenvalue weighted by Gasteiger charge is -2.47. The molecule has 0 aromatic rings. The zero-order valence-electron chi connectivity index (χ0n) is 12.0. The minimum atomic E-state index is 0.107. The number of nitrogens with zero attached hydrogens (tertiary/aromatic N) is 1. The summed E-state index contributed by atoms with van der Waals surface area (Å²) in [5.74, 6) is 0.916. The normalized spacial score (nSPS) is 35.3. The van der Waals surface area contributed by atoms with Gasteiger partial charge in [0.05, 0.1) is 6.61 Å². The molecule has 0 radical (unpaired) electrons. The van der Waals surface area contributed by atoms with Crippen LogP contribution in [0.3, 0.4) is 0 Å². The Labute approximate surface area is 112 Å². The van der Waals surface area contributed by atoms with E-state index >= 15 is 0 Å². The van der Waals surface area contributed by atoms with Gasteiger partial charge in [0.15, 0.2) is 0 Å². The molecule has 2 rings (SSSR count). The van der Waals surface area contributed by atoms with Crippen LogP contribution < -0.4 is 5.32 Å². The lowest BCUT2D eigenvalue weighted by Crippen LogP contribution is -2.54. The van der Waals surface area contributed by atoms with Gasteiger partial charge in [-0.25, -0.2) is 0 Å². The molecule has 0 atom stereocenters. The van der Waals surface area contributed by atoms with Gasteiger partial charge in [0.2, 0.25) is 0 Å². The molecule has 3 heteroatoms. The molecule has 3 nitrogen and oxygen atoms in total. The fourth-order valence-corrected chi connectivity index (χ4v) is 3.81. The first kappa shape index (κ1) is 14.3. The maximum absolute atomic E-state index is 9.94. The van der Waals surface area contributed by atoms with E-state index in [0.717, 1.165) is 32.1 Å². The van der Waals surface area contributed by atoms with Crippen molar-refractivity contribution in [2.45, 2.75) is 57.4 Å². The van der Waals surface area contributed by atoms with Crippen LogP contribution in [0.5, 0.6) is 0 Å². The van der Waals surface area contributed by atoms with E-state index < -0.39 is 0 Å². The lowest BCUT2D eigenvalue weighted by molar-refractivity contribution is -0.00696. The maximum Gasteiger partial charge on any atom is 0.0615 e. The molecule has 1 heterocycles. The van der Waals surface area contributed by atoms with Gasteiger partial charge in [0.25, 0.3) is 0 Å². The van der Waals surface area contributed by atoms with Gasteiger partial charge in [-0.05, 0) is 44.6 Å². The number of hydrogen-bond donors (Lipinski definition) is 2. The number of aliphatic hydroxyl groups excluding tert-OH is 1. The van der Waals surface area contributed by atoms with Gasteiger partial charge in [-0.15, -0.1) is 0 Å². The van der Waals surface area contributed by atoms with Crippen LogP contribution in [0.4, 0.5) is 0 Å². The van der Waals surface area contributed by atoms with Crippen LogP contribution >= 0.6 is 0 Å². The topological polar surface area (TPSA) is 35.5 Å². The van der Waals surface area contributed by atoms with Crippen molar-refractivity contribution in [2.75, 3.05) is 32.8 Å². The Kier molecular flexibility index (Phi) is 5.46. The highest BCUT2D eigenvalue weighted by molar-refractivity contribution is 4.95. The van der Waals surface area contributed by atoms with Crippen LogP contribution in [-0.4, -0.2) is 48.3 Å². The minimum absolute atomic E-state index is 0.107. The third kappa shape index (κ3) is 3.25. The number of rotatable bonds is 4. The minimum Gasteiger partial charge on any atom is -0.394 e. The highest BCUT2D eigenvalue weighted by Crippen LogP contribution is 2.38. The first-order valence-corrected chi connectivity index (χ1v) is 7.87. The summed E-state index contributed by atoms with van der Waals surface area (Å²) in [6, 6.07) is 0. The molecular weight excluding hydrogens is 224 g/mol. The monoisotopic (exact) mass is 254 g/mol. The van der Waals surface area contributed by atoms with E-state index in [-0.39, 0.29) is 5.54 Å². The van der Waals surface area contributed by atoms with Crippen molar-refractivity contribution >= 4 is 0 Å². The molecule has 106 valence electrons. The summed E-state index contributed by atoms with van der Waals surface area (Å²) in [6.07, 6.45) is 8.95. The Morgan fingerprint density at radius 2 is 2.00 bits per heavy atom. The average molecular weight is 254 g/mol. The van der Waals surface area contributed by atoms with Gasteiger partial charge in [0, 0.05) is 25.2 Å². The van der Waals surface area contributed by atoms with Crippen LogP contribution in [0.25, 0.3) is 0 Å². The van der Waals surface area contributed by atoms with E-state index in [2.05, 4.69) is 17.1 Å². The van der Waals surface area contributed by atoms with Crippen molar-refractivity contribution in [1.29, 1.82) is 0 Å². The van der Waals surface area contributed by atoms with Crippen molar-refractivity contribution < 1.29 is 5.11 Å². The quantitative estimate of drug-likeness (QED) is 0.805. The lowest BCUT2D eigenvalue weighted by atomic mass is 9.74. The van der Waals surface area contributed by atoms with E-state index in [4.69, 9.17) is 0 Å². The molecule has 1 aliphatic carbocycles. The highest BCUT2D eigenvalue weighted by Gasteiger charge is 2.39. The molecule has 2 fully saturated rings. The van der Waals surface area contributed by atoms with Gasteiger partial charge < -0.3 is 10.4 Å². The summed E-state index contributed by atoms with van der Waals surface area (Å²) in [5.41, 5.74) is 0.107. The van der Waals surface area contributed by atoms with Crippen molar-refractivity contribution in [3.05, 3.63) is 0 Å². The van der Waals surface area contributed by atoms with Crippen LogP contribution in [-0.2, 0) is 0 Å². The SMILES string of the molecule is CCCC1CCC(CO)(N2CCCNCC2)CC1. The molecule has 0 amide bonds. The standard InChI is InChI=1S/C15H30N2O/c1-2-4-14-5-7-15(13-18,8-6-14)17-11-3-9-16-10-12-17/h14,16,18H,2-13H2,1H3. The second-order valence-corrected chi connectivity index (χ2v) is 6.21. The van der Waals surface area contributed by atoms with Crippen LogP contribution in [0.1, 0.15) is 51.9 Å². The second kappa shape index (κ2) is 6.88. The Morgan fingerprint density at radius 1 is 1.22 bits per heavy atom. The zero-order valence-corrected chi connectivity index (χ0v) is 12.0. The molecule has 0 aromatic heterocycles. The average Bonchev–Trinajstić information content (AvgIpc) is 2.70. The summed E-state index contributed by atoms with van der Waals surface area (Å²) in [5, 5.41) is 13.4. The molecule has 0 bridgehead atoms. The predicted octanol–water partition coefficient (Wildman–Crippen LogP) is 2.00. The molecular formula is C15H30N2O. The Hall–Kier alpha value is -0.120. The Bertz CT molecular complexity index is 229. The van der Waals surface area contributed by atoms with E-state index in [0.29, 0.717) is 6.61 Å². The van der Waals surface area contributed by atoms with Crippen molar-refractivity contribution in [2.24, 2.45) is 5.92 Å². The van der Waals surface area contributed by atoms with Gasteiger partial charge in [0.1, 0.15) is 0 Å². The number of hydrogen-bond acceptors (Lipinski definition) is 3. The van der Waals surface area contributed by atoms with Crippen LogP contribution in [0.15, 0.2) is 0 Å². The molecule has 2 N–H and O–H groups in total. The third-order valence-electron chi connectivity index (χ3n) is 5.04. The van der Waals surface area contributed by atoms with E-state index in [1.54, 1.807) is 0 Å². The Morgan fingerprint density at radius 3 is 2.67 bits per heavy atom. The molecule has 18 heavy (non-hydrogen) atoms. The molecule has 1 saturated carbocycles. The summed E-state index contributed by atoms with van der Waals surface area (Å²) in [6.45, 7) is 7.13.